The number of H-pyrrole nitrogens is 1. The number of aromatic nitrogens is 2. The summed E-state index contributed by atoms with van der Waals surface area (Å²) in [5.41, 5.74) is 2.60. The van der Waals surface area contributed by atoms with Crippen LogP contribution in [0.1, 0.15) is 46.5 Å². The molecular formula is C26H27N3O4. The van der Waals surface area contributed by atoms with E-state index in [9.17, 15) is 4.79 Å². The molecule has 1 atom stereocenters. The number of ether oxygens (including phenoxy) is 2. The minimum atomic E-state index is -0.0111. The van der Waals surface area contributed by atoms with Crippen LogP contribution in [0.15, 0.2) is 59.1 Å². The van der Waals surface area contributed by atoms with Gasteiger partial charge in [0.25, 0.3) is 5.91 Å². The predicted octanol–water partition coefficient (Wildman–Crippen LogP) is 4.78. The van der Waals surface area contributed by atoms with Crippen LogP contribution in [0.3, 0.4) is 0 Å². The average molecular weight is 446 g/mol. The molecule has 1 fully saturated rings. The molecule has 7 nitrogen and oxygen atoms in total. The van der Waals surface area contributed by atoms with E-state index in [1.165, 1.54) is 0 Å². The SMILES string of the molecule is COc1ccc(Cc2cnc([C@H]3CCCN(C(=O)c4cc5c(OC)cccc5[nH]4)C3)o2)cc1. The van der Waals surface area contributed by atoms with Crippen molar-refractivity contribution in [1.29, 1.82) is 0 Å². The second kappa shape index (κ2) is 9.02. The maximum absolute atomic E-state index is 13.2. The summed E-state index contributed by atoms with van der Waals surface area (Å²) < 4.78 is 16.7. The molecule has 0 bridgehead atoms. The number of benzene rings is 2. The highest BCUT2D eigenvalue weighted by molar-refractivity contribution is 5.99. The maximum Gasteiger partial charge on any atom is 0.270 e. The first-order valence-corrected chi connectivity index (χ1v) is 11.2. The number of piperidine rings is 1. The normalized spacial score (nSPS) is 16.2. The highest BCUT2D eigenvalue weighted by Gasteiger charge is 2.29. The molecule has 0 spiro atoms. The number of likely N-dealkylation sites (tertiary alicyclic amines) is 1. The molecule has 1 amide bonds. The van der Waals surface area contributed by atoms with Gasteiger partial charge in [-0.1, -0.05) is 18.2 Å². The van der Waals surface area contributed by atoms with Gasteiger partial charge in [-0.15, -0.1) is 0 Å². The van der Waals surface area contributed by atoms with Gasteiger partial charge in [-0.05, 0) is 48.7 Å². The summed E-state index contributed by atoms with van der Waals surface area (Å²) in [5, 5.41) is 0.910. The van der Waals surface area contributed by atoms with Crippen molar-refractivity contribution in [3.63, 3.8) is 0 Å². The third kappa shape index (κ3) is 4.31. The number of carbonyl (C=O) groups is 1. The highest BCUT2D eigenvalue weighted by Crippen LogP contribution is 2.30. The van der Waals surface area contributed by atoms with E-state index >= 15 is 0 Å². The number of aromatic amines is 1. The van der Waals surface area contributed by atoms with E-state index in [2.05, 4.69) is 9.97 Å². The molecule has 2 aromatic heterocycles. The van der Waals surface area contributed by atoms with Crippen molar-refractivity contribution in [1.82, 2.24) is 14.9 Å². The fourth-order valence-corrected chi connectivity index (χ4v) is 4.49. The molecular weight excluding hydrogens is 418 g/mol. The van der Waals surface area contributed by atoms with Gasteiger partial charge in [0, 0.05) is 30.4 Å². The molecule has 1 aliphatic heterocycles. The van der Waals surface area contributed by atoms with Crippen LogP contribution < -0.4 is 9.47 Å². The number of nitrogens with one attached hydrogen (secondary N) is 1. The van der Waals surface area contributed by atoms with Crippen LogP contribution in [-0.2, 0) is 6.42 Å². The summed E-state index contributed by atoms with van der Waals surface area (Å²) in [4.78, 5) is 22.9. The van der Waals surface area contributed by atoms with Crippen LogP contribution in [0.5, 0.6) is 11.5 Å². The van der Waals surface area contributed by atoms with E-state index in [-0.39, 0.29) is 11.8 Å². The van der Waals surface area contributed by atoms with Crippen molar-refractivity contribution in [2.24, 2.45) is 0 Å². The molecule has 33 heavy (non-hydrogen) atoms. The van der Waals surface area contributed by atoms with Gasteiger partial charge in [0.2, 0.25) is 0 Å². The Balaban J connectivity index is 1.28. The second-order valence-corrected chi connectivity index (χ2v) is 8.38. The molecule has 5 rings (SSSR count). The zero-order valence-electron chi connectivity index (χ0n) is 18.8. The summed E-state index contributed by atoms with van der Waals surface area (Å²) in [6, 6.07) is 15.6. The van der Waals surface area contributed by atoms with Gasteiger partial charge in [0.1, 0.15) is 23.0 Å². The van der Waals surface area contributed by atoms with Crippen LogP contribution in [0.4, 0.5) is 0 Å². The number of methoxy groups -OCH3 is 2. The number of hydrogen-bond acceptors (Lipinski definition) is 5. The molecule has 1 aliphatic rings. The van der Waals surface area contributed by atoms with E-state index in [1.807, 2.05) is 53.4 Å². The van der Waals surface area contributed by atoms with Gasteiger partial charge in [-0.3, -0.25) is 4.79 Å². The largest absolute Gasteiger partial charge is 0.497 e. The molecule has 0 saturated carbocycles. The van der Waals surface area contributed by atoms with Gasteiger partial charge in [-0.2, -0.15) is 0 Å². The Kier molecular flexibility index (Phi) is 5.77. The number of nitrogens with zero attached hydrogens (tertiary/aromatic N) is 2. The quantitative estimate of drug-likeness (QED) is 0.462. The molecule has 0 aliphatic carbocycles. The summed E-state index contributed by atoms with van der Waals surface area (Å²) in [5.74, 6) is 3.19. The van der Waals surface area contributed by atoms with Crippen LogP contribution >= 0.6 is 0 Å². The van der Waals surface area contributed by atoms with E-state index < -0.39 is 0 Å². The van der Waals surface area contributed by atoms with Crippen molar-refractivity contribution < 1.29 is 18.7 Å². The van der Waals surface area contributed by atoms with E-state index in [4.69, 9.17) is 13.9 Å². The van der Waals surface area contributed by atoms with Gasteiger partial charge in [0.05, 0.1) is 26.3 Å². The standard InChI is InChI=1S/C26H27N3O4/c1-31-19-10-8-17(9-11-19)13-20-15-27-25(33-20)18-5-4-12-29(16-18)26(30)23-14-21-22(28-23)6-3-7-24(21)32-2/h3,6-11,14-15,18,28H,4-5,12-13,16H2,1-2H3/t18-/m0/s1. The second-order valence-electron chi connectivity index (χ2n) is 8.38. The molecule has 4 aromatic rings. The summed E-state index contributed by atoms with van der Waals surface area (Å²) in [6.07, 6.45) is 4.33. The van der Waals surface area contributed by atoms with Crippen LogP contribution in [0.2, 0.25) is 0 Å². The van der Waals surface area contributed by atoms with Crippen molar-refractivity contribution >= 4 is 16.8 Å². The van der Waals surface area contributed by atoms with Gasteiger partial charge in [0.15, 0.2) is 5.89 Å². The minimum absolute atomic E-state index is 0.0111. The summed E-state index contributed by atoms with van der Waals surface area (Å²) >= 11 is 0. The molecule has 1 saturated heterocycles. The third-order valence-corrected chi connectivity index (χ3v) is 6.24. The first-order valence-electron chi connectivity index (χ1n) is 11.2. The number of hydrogen-bond donors (Lipinski definition) is 1. The van der Waals surface area contributed by atoms with E-state index in [0.717, 1.165) is 53.1 Å². The van der Waals surface area contributed by atoms with Crippen molar-refractivity contribution in [2.45, 2.75) is 25.2 Å². The Hall–Kier alpha value is -3.74. The lowest BCUT2D eigenvalue weighted by atomic mass is 9.97. The fourth-order valence-electron chi connectivity index (χ4n) is 4.49. The third-order valence-electron chi connectivity index (χ3n) is 6.24. The first-order chi connectivity index (χ1) is 16.1. The van der Waals surface area contributed by atoms with Gasteiger partial charge >= 0.3 is 0 Å². The lowest BCUT2D eigenvalue weighted by Gasteiger charge is -2.31. The average Bonchev–Trinajstić information content (AvgIpc) is 3.51. The maximum atomic E-state index is 13.2. The first kappa shape index (κ1) is 21.1. The number of amides is 1. The highest BCUT2D eigenvalue weighted by atomic mass is 16.5. The van der Waals surface area contributed by atoms with Crippen molar-refractivity contribution in [3.8, 4) is 11.5 Å². The van der Waals surface area contributed by atoms with E-state index in [1.54, 1.807) is 20.4 Å². The van der Waals surface area contributed by atoms with Crippen LogP contribution in [-0.4, -0.2) is 48.1 Å². The molecule has 170 valence electrons. The van der Waals surface area contributed by atoms with Crippen LogP contribution in [0.25, 0.3) is 10.9 Å². The van der Waals surface area contributed by atoms with Crippen molar-refractivity contribution in [3.05, 3.63) is 77.6 Å². The zero-order valence-corrected chi connectivity index (χ0v) is 18.8. The lowest BCUT2D eigenvalue weighted by Crippen LogP contribution is -2.39. The summed E-state index contributed by atoms with van der Waals surface area (Å²) in [7, 11) is 3.29. The predicted molar refractivity (Wildman–Crippen MR) is 125 cm³/mol. The molecule has 0 radical (unpaired) electrons. The molecule has 3 heterocycles. The monoisotopic (exact) mass is 445 g/mol. The molecule has 2 aromatic carbocycles. The fraction of sp³-hybridized carbons (Fsp3) is 0.308. The Morgan fingerprint density at radius 1 is 1.18 bits per heavy atom. The molecule has 1 N–H and O–H groups in total. The Labute approximate surface area is 192 Å². The number of fused-ring (bicyclic) bond motifs is 1. The number of rotatable bonds is 6. The lowest BCUT2D eigenvalue weighted by molar-refractivity contribution is 0.0693. The smallest absolute Gasteiger partial charge is 0.270 e. The van der Waals surface area contributed by atoms with Gasteiger partial charge < -0.3 is 23.8 Å². The van der Waals surface area contributed by atoms with Gasteiger partial charge in [-0.25, -0.2) is 4.98 Å². The van der Waals surface area contributed by atoms with Crippen molar-refractivity contribution in [2.75, 3.05) is 27.3 Å². The van der Waals surface area contributed by atoms with Crippen LogP contribution in [0, 0.1) is 0 Å². The topological polar surface area (TPSA) is 80.6 Å². The minimum Gasteiger partial charge on any atom is -0.497 e. The molecule has 7 heteroatoms. The number of oxazole rings is 1. The number of carbonyl (C=O) groups excluding carboxylic acids is 1. The Morgan fingerprint density at radius 3 is 2.82 bits per heavy atom. The van der Waals surface area contributed by atoms with E-state index in [0.29, 0.717) is 24.6 Å². The Bertz CT molecular complexity index is 1260. The Morgan fingerprint density at radius 2 is 2.03 bits per heavy atom. The zero-order chi connectivity index (χ0) is 22.8. The molecule has 0 unspecified atom stereocenters. The summed E-state index contributed by atoms with van der Waals surface area (Å²) in [6.45, 7) is 1.31.